The fourth-order valence-corrected chi connectivity index (χ4v) is 3.26. The molecule has 0 bridgehead atoms. The molecule has 3 rings (SSSR count). The first kappa shape index (κ1) is 20.2. The molecule has 0 aliphatic carbocycles. The summed E-state index contributed by atoms with van der Waals surface area (Å²) in [6.07, 6.45) is 4.62. The van der Waals surface area contributed by atoms with E-state index < -0.39 is 5.54 Å². The van der Waals surface area contributed by atoms with E-state index in [0.717, 1.165) is 19.3 Å². The van der Waals surface area contributed by atoms with Crippen LogP contribution in [0.15, 0.2) is 18.3 Å². The van der Waals surface area contributed by atoms with Crippen molar-refractivity contribution in [2.45, 2.75) is 44.7 Å². The molecule has 1 aliphatic rings. The second-order valence-electron chi connectivity index (χ2n) is 7.39. The van der Waals surface area contributed by atoms with E-state index >= 15 is 0 Å². The summed E-state index contributed by atoms with van der Waals surface area (Å²) >= 11 is 0. The maximum Gasteiger partial charge on any atom is 0.239 e. The van der Waals surface area contributed by atoms with Gasteiger partial charge in [0, 0.05) is 19.3 Å². The highest BCUT2D eigenvalue weighted by atomic mass is 16.5. The van der Waals surface area contributed by atoms with Gasteiger partial charge in [0.05, 0.1) is 24.3 Å². The van der Waals surface area contributed by atoms with Crippen molar-refractivity contribution in [1.29, 1.82) is 0 Å². The van der Waals surface area contributed by atoms with Gasteiger partial charge in [0.2, 0.25) is 11.9 Å². The number of nitrogens with zero attached hydrogens (tertiary/aromatic N) is 3. The van der Waals surface area contributed by atoms with Gasteiger partial charge < -0.3 is 26.4 Å². The average Bonchev–Trinajstić information content (AvgIpc) is 2.71. The monoisotopic (exact) mass is 387 g/mol. The summed E-state index contributed by atoms with van der Waals surface area (Å²) in [6.45, 7) is 6.36. The second-order valence-corrected chi connectivity index (χ2v) is 7.39. The molecular formula is C19H29N7O2. The minimum absolute atomic E-state index is 0.0607. The van der Waals surface area contributed by atoms with Crippen LogP contribution >= 0.6 is 0 Å². The Bertz CT molecular complexity index is 810. The van der Waals surface area contributed by atoms with Gasteiger partial charge in [0.25, 0.3) is 0 Å². The zero-order chi connectivity index (χ0) is 20.0. The molecule has 2 aromatic rings. The normalized spacial score (nSPS) is 19.1. The summed E-state index contributed by atoms with van der Waals surface area (Å²) in [7, 11) is 0. The Kier molecular flexibility index (Phi) is 6.58. The third-order valence-electron chi connectivity index (χ3n) is 4.87. The van der Waals surface area contributed by atoms with Crippen LogP contribution in [0.4, 0.5) is 11.8 Å². The third-order valence-corrected chi connectivity index (χ3v) is 4.87. The molecule has 9 heteroatoms. The van der Waals surface area contributed by atoms with Gasteiger partial charge in [-0.3, -0.25) is 9.78 Å². The predicted octanol–water partition coefficient (Wildman–Crippen LogP) is 1.07. The van der Waals surface area contributed by atoms with E-state index in [1.807, 2.05) is 12.1 Å². The summed E-state index contributed by atoms with van der Waals surface area (Å²) in [6, 6.07) is 3.35. The molecule has 152 valence electrons. The van der Waals surface area contributed by atoms with Crippen molar-refractivity contribution in [2.24, 2.45) is 0 Å². The Labute approximate surface area is 164 Å². The number of hydrogen-bond acceptors (Lipinski definition) is 8. The van der Waals surface area contributed by atoms with Crippen molar-refractivity contribution in [3.8, 4) is 0 Å². The Morgan fingerprint density at radius 3 is 3.07 bits per heavy atom. The number of nitrogens with one attached hydrogen (secondary N) is 3. The summed E-state index contributed by atoms with van der Waals surface area (Å²) in [5.41, 5.74) is 6.81. The number of nitrogens with two attached hydrogens (primary N) is 1. The number of hydrogen-bond donors (Lipinski definition) is 4. The summed E-state index contributed by atoms with van der Waals surface area (Å²) < 4.78 is 5.38. The van der Waals surface area contributed by atoms with Crippen molar-refractivity contribution in [3.63, 3.8) is 0 Å². The number of nitrogen functional groups attached to an aromatic ring is 1. The first-order valence-corrected chi connectivity index (χ1v) is 9.76. The average molecular weight is 387 g/mol. The molecule has 1 saturated heterocycles. The van der Waals surface area contributed by atoms with Gasteiger partial charge in [-0.1, -0.05) is 19.8 Å². The molecule has 0 aromatic carbocycles. The Balaban J connectivity index is 1.76. The highest BCUT2D eigenvalue weighted by Gasteiger charge is 2.28. The van der Waals surface area contributed by atoms with Gasteiger partial charge in [-0.05, 0) is 25.5 Å². The SMILES string of the molecule is CCCC[C@@](C)(CNC(=O)[C@@H]1COCCN1)Nc1nc(N)nc2cccnc12. The predicted molar refractivity (Wildman–Crippen MR) is 109 cm³/mol. The maximum absolute atomic E-state index is 12.5. The van der Waals surface area contributed by atoms with Crippen molar-refractivity contribution in [2.75, 3.05) is 37.4 Å². The standard InChI is InChI=1S/C19H29N7O2/c1-3-4-7-19(2,12-23-17(27)14-11-28-10-9-21-14)26-16-15-13(6-5-8-22-15)24-18(20)25-16/h5-6,8,14,21H,3-4,7,9-12H2,1-2H3,(H,23,27)(H3,20,24,25,26)/t14-,19-/m0/s1. The quantitative estimate of drug-likeness (QED) is 0.530. The molecule has 9 nitrogen and oxygen atoms in total. The minimum Gasteiger partial charge on any atom is -0.378 e. The van der Waals surface area contributed by atoms with E-state index in [-0.39, 0.29) is 17.9 Å². The second kappa shape index (κ2) is 9.11. The molecule has 3 heterocycles. The minimum atomic E-state index is -0.410. The molecule has 1 amide bonds. The molecule has 1 fully saturated rings. The zero-order valence-corrected chi connectivity index (χ0v) is 16.5. The lowest BCUT2D eigenvalue weighted by Gasteiger charge is -2.33. The number of ether oxygens (including phenoxy) is 1. The topological polar surface area (TPSA) is 127 Å². The van der Waals surface area contributed by atoms with Crippen LogP contribution < -0.4 is 21.7 Å². The fraction of sp³-hybridized carbons (Fsp3) is 0.579. The van der Waals surface area contributed by atoms with E-state index in [9.17, 15) is 4.79 Å². The lowest BCUT2D eigenvalue weighted by atomic mass is 9.94. The van der Waals surface area contributed by atoms with Crippen molar-refractivity contribution < 1.29 is 9.53 Å². The van der Waals surface area contributed by atoms with Crippen LogP contribution in [0, 0.1) is 0 Å². The van der Waals surface area contributed by atoms with Crippen LogP contribution in [0.25, 0.3) is 11.0 Å². The number of aromatic nitrogens is 3. The summed E-state index contributed by atoms with van der Waals surface area (Å²) in [5, 5.41) is 9.69. The van der Waals surface area contributed by atoms with Gasteiger partial charge in [-0.2, -0.15) is 4.98 Å². The van der Waals surface area contributed by atoms with Crippen LogP contribution in [-0.2, 0) is 9.53 Å². The highest BCUT2D eigenvalue weighted by molar-refractivity contribution is 5.86. The number of rotatable bonds is 8. The van der Waals surface area contributed by atoms with Crippen LogP contribution in [0.2, 0.25) is 0 Å². The van der Waals surface area contributed by atoms with Gasteiger partial charge >= 0.3 is 0 Å². The van der Waals surface area contributed by atoms with Crippen molar-refractivity contribution in [3.05, 3.63) is 18.3 Å². The lowest BCUT2D eigenvalue weighted by Crippen LogP contribution is -2.55. The number of amides is 1. The van der Waals surface area contributed by atoms with E-state index in [0.29, 0.717) is 43.2 Å². The highest BCUT2D eigenvalue weighted by Crippen LogP contribution is 2.25. The first-order valence-electron chi connectivity index (χ1n) is 9.76. The molecule has 2 aromatic heterocycles. The van der Waals surface area contributed by atoms with Gasteiger partial charge in [0.1, 0.15) is 11.6 Å². The molecule has 0 radical (unpaired) electrons. The number of carbonyl (C=O) groups excluding carboxylic acids is 1. The maximum atomic E-state index is 12.5. The molecule has 5 N–H and O–H groups in total. The molecule has 28 heavy (non-hydrogen) atoms. The molecule has 0 unspecified atom stereocenters. The van der Waals surface area contributed by atoms with Crippen LogP contribution in [0.5, 0.6) is 0 Å². The van der Waals surface area contributed by atoms with Crippen molar-refractivity contribution in [1.82, 2.24) is 25.6 Å². The Hall–Kier alpha value is -2.52. The number of fused-ring (bicyclic) bond motifs is 1. The van der Waals surface area contributed by atoms with Gasteiger partial charge in [0.15, 0.2) is 5.82 Å². The number of carbonyl (C=O) groups is 1. The molecule has 1 aliphatic heterocycles. The zero-order valence-electron chi connectivity index (χ0n) is 16.5. The molecule has 0 spiro atoms. The molecule has 0 saturated carbocycles. The summed E-state index contributed by atoms with van der Waals surface area (Å²) in [5.74, 6) is 0.706. The van der Waals surface area contributed by atoms with Gasteiger partial charge in [-0.15, -0.1) is 0 Å². The fourth-order valence-electron chi connectivity index (χ4n) is 3.26. The Morgan fingerprint density at radius 1 is 1.46 bits per heavy atom. The Morgan fingerprint density at radius 2 is 2.32 bits per heavy atom. The van der Waals surface area contributed by atoms with Crippen LogP contribution in [0.3, 0.4) is 0 Å². The van der Waals surface area contributed by atoms with E-state index in [2.05, 4.69) is 44.7 Å². The van der Waals surface area contributed by atoms with Gasteiger partial charge in [-0.25, -0.2) is 4.98 Å². The smallest absolute Gasteiger partial charge is 0.239 e. The molecule has 2 atom stereocenters. The summed E-state index contributed by atoms with van der Waals surface area (Å²) in [4.78, 5) is 25.5. The largest absolute Gasteiger partial charge is 0.378 e. The van der Waals surface area contributed by atoms with Crippen LogP contribution in [-0.4, -0.2) is 58.7 Å². The van der Waals surface area contributed by atoms with E-state index in [1.165, 1.54) is 0 Å². The third kappa shape index (κ3) is 5.05. The van der Waals surface area contributed by atoms with E-state index in [1.54, 1.807) is 6.20 Å². The van der Waals surface area contributed by atoms with E-state index in [4.69, 9.17) is 10.5 Å². The van der Waals surface area contributed by atoms with Crippen molar-refractivity contribution >= 4 is 28.7 Å². The number of anilines is 2. The lowest BCUT2D eigenvalue weighted by molar-refractivity contribution is -0.126. The number of pyridine rings is 1. The van der Waals surface area contributed by atoms with Crippen LogP contribution in [0.1, 0.15) is 33.1 Å². The molecular weight excluding hydrogens is 358 g/mol. The number of unbranched alkanes of at least 4 members (excludes halogenated alkanes) is 1. The number of morpholine rings is 1. The first-order chi connectivity index (χ1) is 13.5.